The molecule has 104 valence electrons. The second-order valence-corrected chi connectivity index (χ2v) is 7.04. The number of hydrogen-bond donors (Lipinski definition) is 2. The van der Waals surface area contributed by atoms with Crippen molar-refractivity contribution in [1.29, 1.82) is 0 Å². The molecule has 0 saturated carbocycles. The van der Waals surface area contributed by atoms with E-state index in [9.17, 15) is 9.90 Å². The Balaban J connectivity index is 1.94. The Morgan fingerprint density at radius 3 is 2.58 bits per heavy atom. The number of benzene rings is 1. The molecule has 1 aliphatic heterocycles. The Kier molecular flexibility index (Phi) is 5.19. The normalized spacial score (nSPS) is 18.6. The van der Waals surface area contributed by atoms with Crippen molar-refractivity contribution in [1.82, 2.24) is 5.32 Å². The standard InChI is InChI=1S/C14H19NO2S2/c1-11-4-2-3-5-12(11)13(16)15-8-14(17)9-18-6-7-19-10-14/h2-5,17H,6-10H2,1H3,(H,15,16). The molecule has 1 aliphatic rings. The molecule has 1 aromatic rings. The zero-order valence-corrected chi connectivity index (χ0v) is 12.6. The van der Waals surface area contributed by atoms with E-state index >= 15 is 0 Å². The molecule has 1 fully saturated rings. The van der Waals surface area contributed by atoms with Crippen molar-refractivity contribution in [3.8, 4) is 0 Å². The van der Waals surface area contributed by atoms with Gasteiger partial charge in [-0.3, -0.25) is 4.79 Å². The highest BCUT2D eigenvalue weighted by Crippen LogP contribution is 2.24. The van der Waals surface area contributed by atoms with E-state index in [-0.39, 0.29) is 5.91 Å². The number of carbonyl (C=O) groups excluding carboxylic acids is 1. The summed E-state index contributed by atoms with van der Waals surface area (Å²) in [6, 6.07) is 7.50. The quantitative estimate of drug-likeness (QED) is 0.895. The van der Waals surface area contributed by atoms with E-state index in [0.717, 1.165) is 17.1 Å². The van der Waals surface area contributed by atoms with Gasteiger partial charge in [0.1, 0.15) is 0 Å². The summed E-state index contributed by atoms with van der Waals surface area (Å²) >= 11 is 3.50. The lowest BCUT2D eigenvalue weighted by atomic mass is 10.1. The minimum absolute atomic E-state index is 0.106. The van der Waals surface area contributed by atoms with Gasteiger partial charge < -0.3 is 10.4 Å². The van der Waals surface area contributed by atoms with Crippen LogP contribution in [0.5, 0.6) is 0 Å². The largest absolute Gasteiger partial charge is 0.386 e. The van der Waals surface area contributed by atoms with Gasteiger partial charge in [0.25, 0.3) is 5.91 Å². The molecule has 5 heteroatoms. The molecule has 0 aromatic heterocycles. The maximum atomic E-state index is 12.1. The van der Waals surface area contributed by atoms with Gasteiger partial charge >= 0.3 is 0 Å². The van der Waals surface area contributed by atoms with Crippen LogP contribution in [-0.2, 0) is 0 Å². The number of hydrogen-bond acceptors (Lipinski definition) is 4. The maximum Gasteiger partial charge on any atom is 0.251 e. The molecule has 1 saturated heterocycles. The van der Waals surface area contributed by atoms with Gasteiger partial charge in [0.15, 0.2) is 0 Å². The summed E-state index contributed by atoms with van der Waals surface area (Å²) in [7, 11) is 0. The lowest BCUT2D eigenvalue weighted by Gasteiger charge is -2.25. The molecule has 2 N–H and O–H groups in total. The van der Waals surface area contributed by atoms with Gasteiger partial charge in [-0.2, -0.15) is 23.5 Å². The van der Waals surface area contributed by atoms with Crippen molar-refractivity contribution in [2.24, 2.45) is 0 Å². The molecule has 3 nitrogen and oxygen atoms in total. The van der Waals surface area contributed by atoms with E-state index in [2.05, 4.69) is 5.32 Å². The van der Waals surface area contributed by atoms with Crippen LogP contribution < -0.4 is 5.32 Å². The monoisotopic (exact) mass is 297 g/mol. The van der Waals surface area contributed by atoms with E-state index in [1.165, 1.54) is 0 Å². The van der Waals surface area contributed by atoms with Crippen LogP contribution in [-0.4, -0.2) is 46.2 Å². The van der Waals surface area contributed by atoms with Gasteiger partial charge in [-0.15, -0.1) is 0 Å². The molecule has 2 rings (SSSR count). The molecule has 0 unspecified atom stereocenters. The van der Waals surface area contributed by atoms with Crippen LogP contribution in [0.4, 0.5) is 0 Å². The van der Waals surface area contributed by atoms with E-state index in [1.54, 1.807) is 23.5 Å². The van der Waals surface area contributed by atoms with Crippen molar-refractivity contribution in [3.05, 3.63) is 35.4 Å². The summed E-state index contributed by atoms with van der Waals surface area (Å²) < 4.78 is 0. The number of nitrogens with one attached hydrogen (secondary N) is 1. The summed E-state index contributed by atoms with van der Waals surface area (Å²) in [6.45, 7) is 2.24. The average molecular weight is 297 g/mol. The SMILES string of the molecule is Cc1ccccc1C(=O)NCC1(O)CSCCSC1. The highest BCUT2D eigenvalue weighted by atomic mass is 32.2. The highest BCUT2D eigenvalue weighted by molar-refractivity contribution is 8.03. The van der Waals surface area contributed by atoms with Crippen LogP contribution >= 0.6 is 23.5 Å². The first-order chi connectivity index (χ1) is 9.11. The molecule has 0 bridgehead atoms. The van der Waals surface area contributed by atoms with Gasteiger partial charge in [-0.25, -0.2) is 0 Å². The van der Waals surface area contributed by atoms with Crippen LogP contribution in [0.2, 0.25) is 0 Å². The summed E-state index contributed by atoms with van der Waals surface area (Å²) in [5, 5.41) is 13.3. The van der Waals surface area contributed by atoms with Crippen molar-refractivity contribution < 1.29 is 9.90 Å². The Hall–Kier alpha value is -0.650. The Morgan fingerprint density at radius 1 is 1.32 bits per heavy atom. The molecule has 1 heterocycles. The number of aryl methyl sites for hydroxylation is 1. The molecule has 1 amide bonds. The molecular formula is C14H19NO2S2. The minimum Gasteiger partial charge on any atom is -0.386 e. The zero-order chi connectivity index (χ0) is 13.7. The Morgan fingerprint density at radius 2 is 1.95 bits per heavy atom. The second-order valence-electron chi connectivity index (χ2n) is 4.83. The summed E-state index contributed by atoms with van der Waals surface area (Å²) in [5.41, 5.74) is 0.848. The average Bonchev–Trinajstić information content (AvgIpc) is 2.62. The fourth-order valence-corrected chi connectivity index (χ4v) is 4.48. The Bertz CT molecular complexity index is 443. The summed E-state index contributed by atoms with van der Waals surface area (Å²) in [4.78, 5) is 12.1. The predicted molar refractivity (Wildman–Crippen MR) is 83.1 cm³/mol. The minimum atomic E-state index is -0.788. The van der Waals surface area contributed by atoms with Crippen molar-refractivity contribution >= 4 is 29.4 Å². The Labute approximate surface area is 122 Å². The maximum absolute atomic E-state index is 12.1. The van der Waals surface area contributed by atoms with Gasteiger partial charge in [0, 0.05) is 35.1 Å². The number of thioether (sulfide) groups is 2. The summed E-state index contributed by atoms with van der Waals surface area (Å²) in [5.74, 6) is 3.41. The van der Waals surface area contributed by atoms with Crippen molar-refractivity contribution in [2.45, 2.75) is 12.5 Å². The lowest BCUT2D eigenvalue weighted by molar-refractivity contribution is 0.0753. The predicted octanol–water partition coefficient (Wildman–Crippen LogP) is 1.94. The number of rotatable bonds is 3. The molecule has 1 aromatic carbocycles. The fourth-order valence-electron chi connectivity index (χ4n) is 1.95. The fraction of sp³-hybridized carbons (Fsp3) is 0.500. The van der Waals surface area contributed by atoms with Crippen molar-refractivity contribution in [3.63, 3.8) is 0 Å². The molecule has 19 heavy (non-hydrogen) atoms. The third-order valence-electron chi connectivity index (χ3n) is 3.08. The van der Waals surface area contributed by atoms with Gasteiger partial charge in [-0.05, 0) is 18.6 Å². The first kappa shape index (κ1) is 14.8. The number of carbonyl (C=O) groups is 1. The molecule has 0 radical (unpaired) electrons. The van der Waals surface area contributed by atoms with E-state index in [4.69, 9.17) is 0 Å². The van der Waals surface area contributed by atoms with Gasteiger partial charge in [0.05, 0.1) is 5.60 Å². The molecule has 0 aliphatic carbocycles. The molecule has 0 atom stereocenters. The topological polar surface area (TPSA) is 49.3 Å². The van der Waals surface area contributed by atoms with Crippen molar-refractivity contribution in [2.75, 3.05) is 29.6 Å². The first-order valence-corrected chi connectivity index (χ1v) is 8.63. The van der Waals surface area contributed by atoms with Gasteiger partial charge in [-0.1, -0.05) is 18.2 Å². The zero-order valence-electron chi connectivity index (χ0n) is 11.0. The number of aliphatic hydroxyl groups is 1. The third-order valence-corrected chi connectivity index (χ3v) is 5.81. The van der Waals surface area contributed by atoms with Crippen LogP contribution in [0.25, 0.3) is 0 Å². The summed E-state index contributed by atoms with van der Waals surface area (Å²) in [6.07, 6.45) is 0. The second kappa shape index (κ2) is 6.68. The smallest absolute Gasteiger partial charge is 0.251 e. The molecule has 0 spiro atoms. The lowest BCUT2D eigenvalue weighted by Crippen LogP contribution is -2.46. The number of amides is 1. The van der Waals surface area contributed by atoms with Crippen LogP contribution in [0.1, 0.15) is 15.9 Å². The van der Waals surface area contributed by atoms with E-state index < -0.39 is 5.60 Å². The van der Waals surface area contributed by atoms with E-state index in [0.29, 0.717) is 23.6 Å². The molecular weight excluding hydrogens is 278 g/mol. The first-order valence-electron chi connectivity index (χ1n) is 6.32. The highest BCUT2D eigenvalue weighted by Gasteiger charge is 2.29. The van der Waals surface area contributed by atoms with E-state index in [1.807, 2.05) is 31.2 Å². The van der Waals surface area contributed by atoms with Crippen LogP contribution in [0.3, 0.4) is 0 Å². The van der Waals surface area contributed by atoms with Crippen LogP contribution in [0.15, 0.2) is 24.3 Å². The third kappa shape index (κ3) is 4.16. The van der Waals surface area contributed by atoms with Crippen LogP contribution in [0, 0.1) is 6.92 Å². The van der Waals surface area contributed by atoms with Gasteiger partial charge in [0.2, 0.25) is 0 Å².